The molecule has 1 saturated heterocycles. The smallest absolute Gasteiger partial charge is 0.411 e. The van der Waals surface area contributed by atoms with Crippen LogP contribution in [0.15, 0.2) is 40.8 Å². The van der Waals surface area contributed by atoms with E-state index in [0.29, 0.717) is 29.2 Å². The number of methoxy groups -OCH3 is 1. The molecular formula is C22H26N2O4. The lowest BCUT2D eigenvalue weighted by Crippen LogP contribution is -2.49. The van der Waals surface area contributed by atoms with Gasteiger partial charge in [0.2, 0.25) is 0 Å². The summed E-state index contributed by atoms with van der Waals surface area (Å²) in [4.78, 5) is 26.5. The van der Waals surface area contributed by atoms with Crippen LogP contribution < -0.4 is 5.32 Å². The van der Waals surface area contributed by atoms with Crippen molar-refractivity contribution < 1.29 is 18.7 Å². The zero-order valence-electron chi connectivity index (χ0n) is 16.1. The molecule has 2 aliphatic rings. The number of benzene rings is 1. The highest BCUT2D eigenvalue weighted by Crippen LogP contribution is 2.36. The van der Waals surface area contributed by atoms with Crippen molar-refractivity contribution in [3.05, 3.63) is 42.2 Å². The van der Waals surface area contributed by atoms with Crippen LogP contribution >= 0.6 is 0 Å². The minimum Gasteiger partial charge on any atom is -0.453 e. The Hall–Kier alpha value is -2.76. The minimum absolute atomic E-state index is 0.00769. The second kappa shape index (κ2) is 8.09. The summed E-state index contributed by atoms with van der Waals surface area (Å²) in [5.74, 6) is 1.62. The molecule has 1 aromatic carbocycles. The number of nitrogens with zero attached hydrogens (tertiary/aromatic N) is 1. The Morgan fingerprint density at radius 2 is 1.93 bits per heavy atom. The van der Waals surface area contributed by atoms with Gasteiger partial charge in [0.1, 0.15) is 5.76 Å². The average Bonchev–Trinajstić information content (AvgIpc) is 3.23. The molecule has 0 radical (unpaired) electrons. The molecule has 148 valence electrons. The van der Waals surface area contributed by atoms with E-state index in [1.165, 1.54) is 32.8 Å². The molecule has 6 nitrogen and oxygen atoms in total. The fourth-order valence-corrected chi connectivity index (χ4v) is 4.55. The Kier molecular flexibility index (Phi) is 5.37. The van der Waals surface area contributed by atoms with Crippen molar-refractivity contribution in [2.45, 2.75) is 44.6 Å². The molecule has 2 aromatic rings. The summed E-state index contributed by atoms with van der Waals surface area (Å²) in [5.41, 5.74) is 1.40. The number of hydrogen-bond acceptors (Lipinski definition) is 4. The summed E-state index contributed by atoms with van der Waals surface area (Å²) in [5, 5.41) is 2.64. The van der Waals surface area contributed by atoms with Crippen molar-refractivity contribution >= 4 is 17.7 Å². The normalized spacial score (nSPS) is 21.7. The topological polar surface area (TPSA) is 71.8 Å². The first-order chi connectivity index (χ1) is 13.7. The number of carbonyl (C=O) groups excluding carboxylic acids is 2. The van der Waals surface area contributed by atoms with E-state index in [9.17, 15) is 9.59 Å². The first kappa shape index (κ1) is 18.6. The highest BCUT2D eigenvalue weighted by molar-refractivity contribution is 5.92. The van der Waals surface area contributed by atoms with Crippen LogP contribution in [0.4, 0.5) is 10.5 Å². The number of anilines is 1. The fraction of sp³-hybridized carbons (Fsp3) is 0.455. The molecule has 1 aliphatic carbocycles. The van der Waals surface area contributed by atoms with Gasteiger partial charge >= 0.3 is 6.09 Å². The number of nitrogens with one attached hydrogen (secondary N) is 1. The van der Waals surface area contributed by atoms with Gasteiger partial charge in [0.25, 0.3) is 5.91 Å². The first-order valence-corrected chi connectivity index (χ1v) is 10.0. The van der Waals surface area contributed by atoms with Crippen molar-refractivity contribution in [2.75, 3.05) is 19.0 Å². The summed E-state index contributed by atoms with van der Waals surface area (Å²) in [7, 11) is 1.32. The summed E-state index contributed by atoms with van der Waals surface area (Å²) in [6, 6.07) is 11.2. The average molecular weight is 382 g/mol. The summed E-state index contributed by atoms with van der Waals surface area (Å²) < 4.78 is 10.5. The van der Waals surface area contributed by atoms with Gasteiger partial charge in [-0.15, -0.1) is 0 Å². The van der Waals surface area contributed by atoms with Crippen molar-refractivity contribution in [2.24, 2.45) is 5.92 Å². The molecule has 4 rings (SSSR count). The zero-order chi connectivity index (χ0) is 19.5. The van der Waals surface area contributed by atoms with E-state index in [4.69, 9.17) is 4.42 Å². The second-order valence-electron chi connectivity index (χ2n) is 7.61. The van der Waals surface area contributed by atoms with Gasteiger partial charge in [-0.2, -0.15) is 0 Å². The number of carbonyl (C=O) groups is 2. The SMILES string of the molecule is COC(=O)Nc1cccc(-c2ccc(C(=O)N3CCC[C@@H]4CCCC[C@@H]43)o2)c1. The Labute approximate surface area is 164 Å². The van der Waals surface area contributed by atoms with E-state index in [1.807, 2.05) is 23.1 Å². The van der Waals surface area contributed by atoms with E-state index < -0.39 is 6.09 Å². The van der Waals surface area contributed by atoms with Crippen LogP contribution in [-0.4, -0.2) is 36.6 Å². The predicted molar refractivity (Wildman–Crippen MR) is 106 cm³/mol. The number of piperidine rings is 1. The highest BCUT2D eigenvalue weighted by Gasteiger charge is 2.36. The van der Waals surface area contributed by atoms with Gasteiger partial charge in [-0.1, -0.05) is 25.0 Å². The van der Waals surface area contributed by atoms with Crippen LogP contribution in [0.1, 0.15) is 49.1 Å². The Bertz CT molecular complexity index is 858. The maximum absolute atomic E-state index is 13.1. The maximum atomic E-state index is 13.1. The molecule has 2 fully saturated rings. The van der Waals surface area contributed by atoms with Gasteiger partial charge in [0.15, 0.2) is 5.76 Å². The Morgan fingerprint density at radius 1 is 1.11 bits per heavy atom. The van der Waals surface area contributed by atoms with Crippen LogP contribution in [0.3, 0.4) is 0 Å². The van der Waals surface area contributed by atoms with Crippen LogP contribution in [0, 0.1) is 5.92 Å². The number of likely N-dealkylation sites (tertiary alicyclic amines) is 1. The third kappa shape index (κ3) is 3.77. The van der Waals surface area contributed by atoms with Crippen LogP contribution in [0.5, 0.6) is 0 Å². The van der Waals surface area contributed by atoms with Gasteiger partial charge in [-0.05, 0) is 55.9 Å². The van der Waals surface area contributed by atoms with E-state index in [0.717, 1.165) is 24.9 Å². The number of fused-ring (bicyclic) bond motifs is 1. The van der Waals surface area contributed by atoms with E-state index >= 15 is 0 Å². The quantitative estimate of drug-likeness (QED) is 0.818. The van der Waals surface area contributed by atoms with E-state index in [-0.39, 0.29) is 5.91 Å². The molecule has 1 aromatic heterocycles. The van der Waals surface area contributed by atoms with Crippen molar-refractivity contribution in [3.8, 4) is 11.3 Å². The standard InChI is InChI=1S/C22H26N2O4/c1-27-22(26)23-17-9-4-7-16(14-17)19-11-12-20(28-19)21(25)24-13-5-8-15-6-2-3-10-18(15)24/h4,7,9,11-12,14-15,18H,2-3,5-6,8,10,13H2,1H3,(H,23,26)/t15-,18-/m0/s1. The van der Waals surface area contributed by atoms with Crippen molar-refractivity contribution in [1.82, 2.24) is 4.90 Å². The lowest BCUT2D eigenvalue weighted by Gasteiger charge is -2.43. The summed E-state index contributed by atoms with van der Waals surface area (Å²) in [6.45, 7) is 0.814. The van der Waals surface area contributed by atoms with Crippen molar-refractivity contribution in [1.29, 1.82) is 0 Å². The van der Waals surface area contributed by atoms with Gasteiger partial charge in [0, 0.05) is 23.8 Å². The molecule has 2 atom stereocenters. The minimum atomic E-state index is -0.528. The molecule has 28 heavy (non-hydrogen) atoms. The monoisotopic (exact) mass is 382 g/mol. The lowest BCUT2D eigenvalue weighted by atomic mass is 9.78. The highest BCUT2D eigenvalue weighted by atomic mass is 16.5. The number of furan rings is 1. The van der Waals surface area contributed by atoms with Gasteiger partial charge in [-0.25, -0.2) is 4.79 Å². The van der Waals surface area contributed by atoms with E-state index in [1.54, 1.807) is 18.2 Å². The molecule has 1 saturated carbocycles. The number of ether oxygens (including phenoxy) is 1. The maximum Gasteiger partial charge on any atom is 0.411 e. The fourth-order valence-electron chi connectivity index (χ4n) is 4.55. The van der Waals surface area contributed by atoms with Gasteiger partial charge in [-0.3, -0.25) is 10.1 Å². The number of amides is 2. The van der Waals surface area contributed by atoms with Crippen LogP contribution in [0.2, 0.25) is 0 Å². The number of rotatable bonds is 3. The van der Waals surface area contributed by atoms with Gasteiger partial charge < -0.3 is 14.1 Å². The lowest BCUT2D eigenvalue weighted by molar-refractivity contribution is 0.0363. The molecule has 0 bridgehead atoms. The first-order valence-electron chi connectivity index (χ1n) is 10.0. The number of hydrogen-bond donors (Lipinski definition) is 1. The third-order valence-corrected chi connectivity index (χ3v) is 5.90. The largest absolute Gasteiger partial charge is 0.453 e. The Balaban J connectivity index is 1.52. The molecular weight excluding hydrogens is 356 g/mol. The zero-order valence-corrected chi connectivity index (χ0v) is 16.1. The third-order valence-electron chi connectivity index (χ3n) is 5.90. The molecule has 2 heterocycles. The molecule has 0 spiro atoms. The van der Waals surface area contributed by atoms with Crippen LogP contribution in [-0.2, 0) is 4.74 Å². The van der Waals surface area contributed by atoms with Crippen LogP contribution in [0.25, 0.3) is 11.3 Å². The summed E-state index contributed by atoms with van der Waals surface area (Å²) >= 11 is 0. The molecule has 2 amide bonds. The Morgan fingerprint density at radius 3 is 2.79 bits per heavy atom. The van der Waals surface area contributed by atoms with Crippen molar-refractivity contribution in [3.63, 3.8) is 0 Å². The van der Waals surface area contributed by atoms with Gasteiger partial charge in [0.05, 0.1) is 7.11 Å². The van der Waals surface area contributed by atoms with E-state index in [2.05, 4.69) is 10.1 Å². The molecule has 0 unspecified atom stereocenters. The molecule has 1 aliphatic heterocycles. The molecule has 6 heteroatoms. The second-order valence-corrected chi connectivity index (χ2v) is 7.61. The predicted octanol–water partition coefficient (Wildman–Crippen LogP) is 4.92. The summed E-state index contributed by atoms with van der Waals surface area (Å²) in [6.07, 6.45) is 6.60. The molecule has 1 N–H and O–H groups in total.